The Morgan fingerprint density at radius 3 is 2.38 bits per heavy atom. The fraction of sp³-hybridized carbons (Fsp3) is 0.452. The second-order valence-electron chi connectivity index (χ2n) is 12.4. The van der Waals surface area contributed by atoms with E-state index in [-0.39, 0.29) is 17.1 Å². The van der Waals surface area contributed by atoms with Crippen molar-refractivity contribution in [2.24, 2.45) is 0 Å². The summed E-state index contributed by atoms with van der Waals surface area (Å²) in [6.07, 6.45) is 6.23. The van der Waals surface area contributed by atoms with E-state index >= 15 is 0 Å². The van der Waals surface area contributed by atoms with E-state index in [1.54, 1.807) is 15.9 Å². The summed E-state index contributed by atoms with van der Waals surface area (Å²) in [6, 6.07) is 17.5. The Morgan fingerprint density at radius 1 is 1.02 bits per heavy atom. The van der Waals surface area contributed by atoms with Gasteiger partial charge in [0.2, 0.25) is 5.95 Å². The van der Waals surface area contributed by atoms with Crippen LogP contribution in [0.2, 0.25) is 23.2 Å². The third-order valence-electron chi connectivity index (χ3n) is 8.49. The van der Waals surface area contributed by atoms with Crippen LogP contribution in [0.5, 0.6) is 0 Å². The van der Waals surface area contributed by atoms with E-state index in [4.69, 9.17) is 21.0 Å². The summed E-state index contributed by atoms with van der Waals surface area (Å²) in [7, 11) is -1.78. The highest BCUT2D eigenvalue weighted by atomic mass is 35.5. The van der Waals surface area contributed by atoms with E-state index in [1.807, 2.05) is 54.7 Å². The van der Waals surface area contributed by atoms with Crippen LogP contribution >= 0.6 is 11.6 Å². The quantitative estimate of drug-likeness (QED) is 0.288. The first-order chi connectivity index (χ1) is 19.0. The number of urea groups is 1. The lowest BCUT2D eigenvalue weighted by Gasteiger charge is -2.41. The first kappa shape index (κ1) is 28.6. The molecular weight excluding hydrogens is 538 g/mol. The Morgan fingerprint density at radius 2 is 1.70 bits per heavy atom. The lowest BCUT2D eigenvalue weighted by atomic mass is 9.93. The standard InChI is InChI=1S/C31H40ClN5O2Si/c1-31(2,3)40(4,5)39-25-17-15-24(16-18-25)34-29-33-19-23-21-36(27-14-10-9-13-26(27)32)30(38)37(28(23)35-29)20-22-11-7-6-8-12-22/h6-14,19,24-25H,15-18,20-21H2,1-5H3,(H,33,34,35)/t24-,25-. The van der Waals surface area contributed by atoms with Crippen LogP contribution in [0.15, 0.2) is 60.8 Å². The maximum atomic E-state index is 13.9. The molecule has 0 spiro atoms. The third-order valence-corrected chi connectivity index (χ3v) is 13.3. The maximum Gasteiger partial charge on any atom is 0.330 e. The lowest BCUT2D eigenvalue weighted by Crippen LogP contribution is -2.47. The Hall–Kier alpha value is -2.94. The van der Waals surface area contributed by atoms with Crippen molar-refractivity contribution in [1.82, 2.24) is 9.97 Å². The van der Waals surface area contributed by atoms with Crippen molar-refractivity contribution in [3.63, 3.8) is 0 Å². The number of anilines is 3. The smallest absolute Gasteiger partial charge is 0.330 e. The van der Waals surface area contributed by atoms with Crippen LogP contribution in [0.4, 0.5) is 22.2 Å². The monoisotopic (exact) mass is 577 g/mol. The van der Waals surface area contributed by atoms with Crippen molar-refractivity contribution >= 4 is 43.4 Å². The van der Waals surface area contributed by atoms with Gasteiger partial charge in [0.15, 0.2) is 8.32 Å². The van der Waals surface area contributed by atoms with Crippen LogP contribution < -0.4 is 15.1 Å². The number of aromatic nitrogens is 2. The number of nitrogens with one attached hydrogen (secondary N) is 1. The molecule has 2 aliphatic rings. The largest absolute Gasteiger partial charge is 0.414 e. The SMILES string of the molecule is CC(C)(C)[Si](C)(C)O[C@H]1CC[C@H](Nc2ncc3c(n2)N(Cc2ccccc2)C(=O)N(c2ccccc2Cl)C3)CC1. The van der Waals surface area contributed by atoms with Gasteiger partial charge in [-0.05, 0) is 61.5 Å². The molecule has 0 atom stereocenters. The molecule has 7 nitrogen and oxygen atoms in total. The van der Waals surface area contributed by atoms with Crippen molar-refractivity contribution < 1.29 is 9.22 Å². The number of para-hydroxylation sites is 1. The van der Waals surface area contributed by atoms with Crippen molar-refractivity contribution in [3.8, 4) is 0 Å². The number of halogens is 1. The molecule has 5 rings (SSSR count). The molecule has 1 N–H and O–H groups in total. The number of benzene rings is 2. The molecule has 212 valence electrons. The number of nitrogens with zero attached hydrogens (tertiary/aromatic N) is 4. The second-order valence-corrected chi connectivity index (χ2v) is 17.6. The zero-order valence-electron chi connectivity index (χ0n) is 24.2. The van der Waals surface area contributed by atoms with Gasteiger partial charge in [0, 0.05) is 23.9 Å². The molecule has 2 aromatic carbocycles. The summed E-state index contributed by atoms with van der Waals surface area (Å²) in [6.45, 7) is 12.3. The van der Waals surface area contributed by atoms with Gasteiger partial charge in [-0.15, -0.1) is 0 Å². The van der Waals surface area contributed by atoms with E-state index in [0.29, 0.717) is 41.7 Å². The highest BCUT2D eigenvalue weighted by molar-refractivity contribution is 6.74. The van der Waals surface area contributed by atoms with E-state index in [2.05, 4.69) is 44.2 Å². The summed E-state index contributed by atoms with van der Waals surface area (Å²) in [4.78, 5) is 26.9. The van der Waals surface area contributed by atoms with Gasteiger partial charge in [-0.2, -0.15) is 4.98 Å². The molecule has 0 radical (unpaired) electrons. The average Bonchev–Trinajstić information content (AvgIpc) is 2.92. The third kappa shape index (κ3) is 6.19. The molecule has 0 saturated heterocycles. The zero-order chi connectivity index (χ0) is 28.5. The molecule has 1 aliphatic carbocycles. The van der Waals surface area contributed by atoms with Crippen molar-refractivity contribution in [3.05, 3.63) is 76.9 Å². The van der Waals surface area contributed by atoms with Crippen LogP contribution in [0.3, 0.4) is 0 Å². The summed E-state index contributed by atoms with van der Waals surface area (Å²) >= 11 is 6.50. The maximum absolute atomic E-state index is 13.9. The van der Waals surface area contributed by atoms with E-state index < -0.39 is 8.32 Å². The highest BCUT2D eigenvalue weighted by Crippen LogP contribution is 2.40. The first-order valence-electron chi connectivity index (χ1n) is 14.2. The molecule has 1 aliphatic heterocycles. The molecule has 9 heteroatoms. The number of carbonyl (C=O) groups excluding carboxylic acids is 1. The fourth-order valence-corrected chi connectivity index (χ4v) is 6.82. The summed E-state index contributed by atoms with van der Waals surface area (Å²) < 4.78 is 6.68. The Balaban J connectivity index is 1.34. The molecular formula is C31H40ClN5O2Si. The summed E-state index contributed by atoms with van der Waals surface area (Å²) in [5.41, 5.74) is 2.58. The predicted molar refractivity (Wildman–Crippen MR) is 166 cm³/mol. The average molecular weight is 578 g/mol. The van der Waals surface area contributed by atoms with E-state index in [0.717, 1.165) is 36.8 Å². The number of fused-ring (bicyclic) bond motifs is 1. The van der Waals surface area contributed by atoms with Crippen LogP contribution in [0.25, 0.3) is 0 Å². The van der Waals surface area contributed by atoms with Gasteiger partial charge in [0.1, 0.15) is 5.82 Å². The highest BCUT2D eigenvalue weighted by Gasteiger charge is 2.40. The molecule has 0 unspecified atom stereocenters. The van der Waals surface area contributed by atoms with E-state index in [9.17, 15) is 4.79 Å². The number of hydrogen-bond donors (Lipinski definition) is 1. The minimum absolute atomic E-state index is 0.155. The van der Waals surface area contributed by atoms with Crippen molar-refractivity contribution in [1.29, 1.82) is 0 Å². The van der Waals surface area contributed by atoms with Crippen molar-refractivity contribution in [2.45, 2.75) is 89.8 Å². The molecule has 1 saturated carbocycles. The van der Waals surface area contributed by atoms with Gasteiger partial charge < -0.3 is 9.74 Å². The topological polar surface area (TPSA) is 70.6 Å². The van der Waals surface area contributed by atoms with Crippen molar-refractivity contribution in [2.75, 3.05) is 15.1 Å². The number of hydrogen-bond acceptors (Lipinski definition) is 5. The van der Waals surface area contributed by atoms with Crippen LogP contribution in [-0.4, -0.2) is 36.5 Å². The van der Waals surface area contributed by atoms with E-state index in [1.165, 1.54) is 0 Å². The number of amides is 2. The minimum Gasteiger partial charge on any atom is -0.414 e. The molecule has 2 amide bonds. The van der Waals surface area contributed by atoms with Gasteiger partial charge >= 0.3 is 6.03 Å². The predicted octanol–water partition coefficient (Wildman–Crippen LogP) is 8.02. The minimum atomic E-state index is -1.78. The first-order valence-corrected chi connectivity index (χ1v) is 17.5. The Bertz CT molecular complexity index is 1340. The molecule has 1 aromatic heterocycles. The molecule has 1 fully saturated rings. The second kappa shape index (κ2) is 11.5. The Labute approximate surface area is 244 Å². The van der Waals surface area contributed by atoms with Gasteiger partial charge in [-0.25, -0.2) is 9.78 Å². The van der Waals surface area contributed by atoms with Crippen LogP contribution in [0.1, 0.15) is 57.6 Å². The molecule has 0 bridgehead atoms. The van der Waals surface area contributed by atoms with Gasteiger partial charge in [0.25, 0.3) is 0 Å². The zero-order valence-corrected chi connectivity index (χ0v) is 25.9. The van der Waals surface area contributed by atoms with Crippen LogP contribution in [-0.2, 0) is 17.5 Å². The molecule has 40 heavy (non-hydrogen) atoms. The van der Waals surface area contributed by atoms with Gasteiger partial charge in [-0.3, -0.25) is 9.80 Å². The summed E-state index contributed by atoms with van der Waals surface area (Å²) in [5, 5.41) is 4.30. The van der Waals surface area contributed by atoms with Crippen LogP contribution in [0, 0.1) is 0 Å². The molecule has 2 heterocycles. The summed E-state index contributed by atoms with van der Waals surface area (Å²) in [5.74, 6) is 1.20. The Kier molecular flexibility index (Phi) is 8.22. The molecule has 3 aromatic rings. The number of rotatable bonds is 7. The normalized spacial score (nSPS) is 19.9. The van der Waals surface area contributed by atoms with Gasteiger partial charge in [0.05, 0.1) is 23.8 Å². The number of carbonyl (C=O) groups is 1. The van der Waals surface area contributed by atoms with Gasteiger partial charge in [-0.1, -0.05) is 74.8 Å². The lowest BCUT2D eigenvalue weighted by molar-refractivity contribution is 0.133. The fourth-order valence-electron chi connectivity index (χ4n) is 5.16.